The molecule has 0 saturated heterocycles. The molecule has 0 aliphatic heterocycles. The van der Waals surface area contributed by atoms with Crippen molar-refractivity contribution in [1.29, 1.82) is 0 Å². The normalized spacial score (nSPS) is 9.65. The van der Waals surface area contributed by atoms with E-state index in [1.165, 1.54) is 12.1 Å². The molecule has 0 atom stereocenters. The highest BCUT2D eigenvalue weighted by molar-refractivity contribution is 5.96. The molecule has 0 radical (unpaired) electrons. The SMILES string of the molecule is NC(=O)c1cccc(NC(=O)CCC(=O)[O-])c1. The molecule has 2 amide bonds. The van der Waals surface area contributed by atoms with Crippen LogP contribution < -0.4 is 16.2 Å². The van der Waals surface area contributed by atoms with E-state index in [1.807, 2.05) is 0 Å². The molecular weight excluding hydrogens is 224 g/mol. The Morgan fingerprint density at radius 2 is 1.94 bits per heavy atom. The van der Waals surface area contributed by atoms with E-state index < -0.39 is 17.8 Å². The summed E-state index contributed by atoms with van der Waals surface area (Å²) in [5.41, 5.74) is 5.73. The van der Waals surface area contributed by atoms with Gasteiger partial charge in [0, 0.05) is 23.6 Å². The molecule has 6 nitrogen and oxygen atoms in total. The largest absolute Gasteiger partial charge is 0.550 e. The van der Waals surface area contributed by atoms with E-state index in [2.05, 4.69) is 5.32 Å². The van der Waals surface area contributed by atoms with E-state index >= 15 is 0 Å². The van der Waals surface area contributed by atoms with Gasteiger partial charge in [-0.1, -0.05) is 6.07 Å². The van der Waals surface area contributed by atoms with E-state index in [-0.39, 0.29) is 18.4 Å². The van der Waals surface area contributed by atoms with Gasteiger partial charge >= 0.3 is 0 Å². The monoisotopic (exact) mass is 235 g/mol. The lowest BCUT2D eigenvalue weighted by Gasteiger charge is -2.06. The molecule has 90 valence electrons. The molecule has 0 bridgehead atoms. The van der Waals surface area contributed by atoms with E-state index in [4.69, 9.17) is 5.73 Å². The van der Waals surface area contributed by atoms with Gasteiger partial charge in [0.25, 0.3) is 0 Å². The van der Waals surface area contributed by atoms with Crippen molar-refractivity contribution in [3.8, 4) is 0 Å². The third kappa shape index (κ3) is 4.33. The number of hydrogen-bond acceptors (Lipinski definition) is 4. The second-order valence-corrected chi connectivity index (χ2v) is 3.37. The van der Waals surface area contributed by atoms with Gasteiger partial charge in [-0.2, -0.15) is 0 Å². The first-order valence-electron chi connectivity index (χ1n) is 4.88. The predicted octanol–water partition coefficient (Wildman–Crippen LogP) is -0.746. The molecule has 1 aromatic carbocycles. The average molecular weight is 235 g/mol. The van der Waals surface area contributed by atoms with Gasteiger partial charge < -0.3 is 21.0 Å². The number of anilines is 1. The van der Waals surface area contributed by atoms with Gasteiger partial charge in [-0.15, -0.1) is 0 Å². The Balaban J connectivity index is 2.62. The van der Waals surface area contributed by atoms with E-state index in [9.17, 15) is 19.5 Å². The van der Waals surface area contributed by atoms with E-state index in [0.29, 0.717) is 5.69 Å². The van der Waals surface area contributed by atoms with Gasteiger partial charge in [-0.25, -0.2) is 0 Å². The topological polar surface area (TPSA) is 112 Å². The summed E-state index contributed by atoms with van der Waals surface area (Å²) in [7, 11) is 0. The van der Waals surface area contributed by atoms with Crippen LogP contribution in [0.1, 0.15) is 23.2 Å². The molecule has 1 rings (SSSR count). The molecule has 0 aromatic heterocycles. The molecular formula is C11H11N2O4-. The van der Waals surface area contributed by atoms with Gasteiger partial charge in [-0.05, 0) is 24.6 Å². The highest BCUT2D eigenvalue weighted by atomic mass is 16.4. The minimum absolute atomic E-state index is 0.177. The first kappa shape index (κ1) is 12.7. The summed E-state index contributed by atoms with van der Waals surface area (Å²) in [6.07, 6.45) is -0.523. The number of nitrogens with one attached hydrogen (secondary N) is 1. The summed E-state index contributed by atoms with van der Waals surface area (Å²) >= 11 is 0. The maximum Gasteiger partial charge on any atom is 0.248 e. The highest BCUT2D eigenvalue weighted by Gasteiger charge is 2.05. The van der Waals surface area contributed by atoms with Crippen LogP contribution in [-0.4, -0.2) is 17.8 Å². The second-order valence-electron chi connectivity index (χ2n) is 3.37. The summed E-state index contributed by atoms with van der Waals surface area (Å²) in [5.74, 6) is -2.35. The van der Waals surface area contributed by atoms with Crippen molar-refractivity contribution in [1.82, 2.24) is 0 Å². The number of carbonyl (C=O) groups is 3. The van der Waals surface area contributed by atoms with Crippen LogP contribution in [0, 0.1) is 0 Å². The van der Waals surface area contributed by atoms with Crippen molar-refractivity contribution in [3.63, 3.8) is 0 Å². The van der Waals surface area contributed by atoms with Crippen LogP contribution in [0.25, 0.3) is 0 Å². The molecule has 3 N–H and O–H groups in total. The highest BCUT2D eigenvalue weighted by Crippen LogP contribution is 2.10. The zero-order valence-electron chi connectivity index (χ0n) is 8.93. The summed E-state index contributed by atoms with van der Waals surface area (Å²) in [6, 6.07) is 6.07. The number of benzene rings is 1. The van der Waals surface area contributed by atoms with Crippen LogP contribution in [0.3, 0.4) is 0 Å². The van der Waals surface area contributed by atoms with Crippen LogP contribution in [0.4, 0.5) is 5.69 Å². The lowest BCUT2D eigenvalue weighted by Crippen LogP contribution is -2.24. The number of carboxylic acid groups (broad SMARTS) is 1. The lowest BCUT2D eigenvalue weighted by molar-refractivity contribution is -0.305. The molecule has 6 heteroatoms. The maximum absolute atomic E-state index is 11.3. The quantitative estimate of drug-likeness (QED) is 0.699. The van der Waals surface area contributed by atoms with Crippen molar-refractivity contribution in [2.75, 3.05) is 5.32 Å². The molecule has 17 heavy (non-hydrogen) atoms. The molecule has 0 unspecified atom stereocenters. The molecule has 0 spiro atoms. The maximum atomic E-state index is 11.3. The van der Waals surface area contributed by atoms with Gasteiger partial charge in [-0.3, -0.25) is 9.59 Å². The molecule has 0 heterocycles. The van der Waals surface area contributed by atoms with Gasteiger partial charge in [0.1, 0.15) is 0 Å². The van der Waals surface area contributed by atoms with Gasteiger partial charge in [0.15, 0.2) is 0 Å². The predicted molar refractivity (Wildman–Crippen MR) is 57.8 cm³/mol. The second kappa shape index (κ2) is 5.64. The molecule has 0 saturated carbocycles. The summed E-state index contributed by atoms with van der Waals surface area (Å²) in [4.78, 5) is 32.3. The summed E-state index contributed by atoms with van der Waals surface area (Å²) in [6.45, 7) is 0. The van der Waals surface area contributed by atoms with Crippen LogP contribution in [0.2, 0.25) is 0 Å². The number of carboxylic acids is 1. The first-order valence-corrected chi connectivity index (χ1v) is 4.88. The third-order valence-corrected chi connectivity index (χ3v) is 1.99. The van der Waals surface area contributed by atoms with Crippen LogP contribution >= 0.6 is 0 Å². The summed E-state index contributed by atoms with van der Waals surface area (Å²) < 4.78 is 0. The Labute approximate surface area is 97.4 Å². The Hall–Kier alpha value is -2.37. The summed E-state index contributed by atoms with van der Waals surface area (Å²) in [5, 5.41) is 12.6. The van der Waals surface area contributed by atoms with E-state index in [1.54, 1.807) is 12.1 Å². The van der Waals surface area contributed by atoms with Crippen LogP contribution in [0.5, 0.6) is 0 Å². The minimum Gasteiger partial charge on any atom is -0.550 e. The number of amides is 2. The number of aliphatic carboxylic acids is 1. The van der Waals surface area contributed by atoms with Crippen molar-refractivity contribution < 1.29 is 19.5 Å². The zero-order chi connectivity index (χ0) is 12.8. The standard InChI is InChI=1S/C11H12N2O4/c12-11(17)7-2-1-3-8(6-7)13-9(14)4-5-10(15)16/h1-3,6H,4-5H2,(H2,12,17)(H,13,14)(H,15,16)/p-1. The number of primary amides is 1. The number of hydrogen-bond donors (Lipinski definition) is 2. The molecule has 0 fully saturated rings. The van der Waals surface area contributed by atoms with Crippen molar-refractivity contribution >= 4 is 23.5 Å². The minimum atomic E-state index is -1.29. The Bertz CT molecular complexity index is 457. The lowest BCUT2D eigenvalue weighted by atomic mass is 10.2. The van der Waals surface area contributed by atoms with E-state index in [0.717, 1.165) is 0 Å². The Morgan fingerprint density at radius 1 is 1.24 bits per heavy atom. The first-order chi connectivity index (χ1) is 7.99. The smallest absolute Gasteiger partial charge is 0.248 e. The van der Waals surface area contributed by atoms with Gasteiger partial charge in [0.05, 0.1) is 0 Å². The zero-order valence-corrected chi connectivity index (χ0v) is 8.93. The molecule has 0 aliphatic rings. The van der Waals surface area contributed by atoms with Crippen LogP contribution in [0.15, 0.2) is 24.3 Å². The third-order valence-electron chi connectivity index (χ3n) is 1.99. The fourth-order valence-electron chi connectivity index (χ4n) is 1.19. The van der Waals surface area contributed by atoms with Crippen molar-refractivity contribution in [2.24, 2.45) is 5.73 Å². The van der Waals surface area contributed by atoms with Crippen molar-refractivity contribution in [2.45, 2.75) is 12.8 Å². The fraction of sp³-hybridized carbons (Fsp3) is 0.182. The number of carbonyl (C=O) groups excluding carboxylic acids is 3. The molecule has 1 aromatic rings. The van der Waals surface area contributed by atoms with Crippen molar-refractivity contribution in [3.05, 3.63) is 29.8 Å². The number of rotatable bonds is 5. The number of nitrogens with two attached hydrogens (primary N) is 1. The molecule has 0 aliphatic carbocycles. The van der Waals surface area contributed by atoms with Crippen LogP contribution in [-0.2, 0) is 9.59 Å². The average Bonchev–Trinajstić information content (AvgIpc) is 2.26. The van der Waals surface area contributed by atoms with Gasteiger partial charge in [0.2, 0.25) is 11.8 Å². The fourth-order valence-corrected chi connectivity index (χ4v) is 1.19. The Morgan fingerprint density at radius 3 is 2.53 bits per heavy atom. The Kier molecular flexibility index (Phi) is 4.21.